The Labute approximate surface area is 458 Å². The van der Waals surface area contributed by atoms with Crippen molar-refractivity contribution in [2.24, 2.45) is 0 Å². The molecule has 0 unspecified atom stereocenters. The van der Waals surface area contributed by atoms with Crippen LogP contribution in [0.1, 0.15) is 52.5 Å². The van der Waals surface area contributed by atoms with Gasteiger partial charge in [0, 0.05) is 11.3 Å². The average Bonchev–Trinajstić information content (AvgIpc) is 1.65. The van der Waals surface area contributed by atoms with Crippen molar-refractivity contribution in [1.29, 1.82) is 0 Å². The van der Waals surface area contributed by atoms with E-state index < -0.39 is 50.9 Å². The van der Waals surface area contributed by atoms with E-state index in [-0.39, 0.29) is 39.3 Å². The first-order valence-corrected chi connectivity index (χ1v) is 25.5. The standard InChI is InChI=1S/C66H48BN5O.Pt/c1-42-37-52(44-21-8-6-9-22-44)64(53(38-42)45-23-10-7-11-24-45)70-41-69(56-31-16-17-32-57(56)70)46-35-36-49(47-25-12-14-29-54(47)66(3,4)5)60(40-46)73-61-39-43(2)62-51-28-20-27-50-48-26-13-15-30-55(48)71-58-33-18-19-34-59(58)72(65(62)68-61)67(71)63(50)51;/h6-33,35-39H,1-5H3;/q-2;/i1D3,2D3,6D,8D,9D,21D,22D;. The summed E-state index contributed by atoms with van der Waals surface area (Å²) in [5.41, 5.74) is 12.2. The molecule has 11 aromatic rings. The zero-order chi connectivity index (χ0) is 59.3. The summed E-state index contributed by atoms with van der Waals surface area (Å²) in [4.78, 5) is 9.76. The van der Waals surface area contributed by atoms with Crippen molar-refractivity contribution in [3.05, 3.63) is 233 Å². The van der Waals surface area contributed by atoms with Crippen LogP contribution in [0.15, 0.2) is 200 Å². The van der Waals surface area contributed by atoms with Crippen LogP contribution in [0.25, 0.3) is 78.0 Å². The number of rotatable bonds is 7. The van der Waals surface area contributed by atoms with Gasteiger partial charge in [0.2, 0.25) is 0 Å². The van der Waals surface area contributed by atoms with Crippen LogP contribution in [0.2, 0.25) is 0 Å². The SMILES string of the molecule is [2H]c1c([2H])c([2H])c(-c2cc(C([2H])([2H])[2H])cc(-c3ccccc3)c2-n2[c](=[Pt])n(-c3[c-]c(Oc4cc(C([2H])([2H])[2H])c5c(n4)N4B6c7c(cccc7-5)-c5ccccc5N6c5ccc[c-]c54)c(-c4ccccc4C(C)(C)C)cc3)c3ccccc32)c([2H])c1[2H]. The Kier molecular flexibility index (Phi) is 7.82. The molecule has 0 N–H and O–H groups in total. The average molecular weight is 1140 g/mol. The van der Waals surface area contributed by atoms with Crippen LogP contribution < -0.4 is 19.8 Å². The van der Waals surface area contributed by atoms with Crippen LogP contribution >= 0.6 is 0 Å². The van der Waals surface area contributed by atoms with Crippen LogP contribution in [-0.4, -0.2) is 21.1 Å². The van der Waals surface area contributed by atoms with Gasteiger partial charge in [0.1, 0.15) is 0 Å². The fourth-order valence-corrected chi connectivity index (χ4v) is 12.4. The van der Waals surface area contributed by atoms with Gasteiger partial charge in [-0.3, -0.25) is 0 Å². The van der Waals surface area contributed by atoms with Crippen LogP contribution in [0, 0.1) is 29.6 Å². The number of aryl methyl sites for hydroxylation is 2. The quantitative estimate of drug-likeness (QED) is 0.118. The number of imidazole rings is 1. The Morgan fingerprint density at radius 1 is 0.622 bits per heavy atom. The summed E-state index contributed by atoms with van der Waals surface area (Å²) in [7, 11) is 0. The van der Waals surface area contributed by atoms with Crippen LogP contribution in [0.3, 0.4) is 0 Å². The molecule has 3 aliphatic heterocycles. The maximum atomic E-state index is 9.30. The number of fused-ring (bicyclic) bond motifs is 10. The molecule has 9 aromatic carbocycles. The Morgan fingerprint density at radius 3 is 2.12 bits per heavy atom. The molecule has 358 valence electrons. The van der Waals surface area contributed by atoms with E-state index in [1.54, 1.807) is 6.07 Å². The zero-order valence-corrected chi connectivity index (χ0v) is 42.5. The molecule has 0 saturated heterocycles. The first kappa shape index (κ1) is 34.2. The molecule has 0 atom stereocenters. The molecule has 8 heteroatoms. The molecule has 0 spiro atoms. The fourth-order valence-electron chi connectivity index (χ4n) is 11.3. The van der Waals surface area contributed by atoms with Crippen molar-refractivity contribution in [3.63, 3.8) is 0 Å². The van der Waals surface area contributed by atoms with Gasteiger partial charge in [-0.25, -0.2) is 0 Å². The van der Waals surface area contributed by atoms with Gasteiger partial charge in [-0.1, -0.05) is 30.3 Å². The molecule has 0 bridgehead atoms. The monoisotopic (exact) mass is 1140 g/mol. The Balaban J connectivity index is 1.03. The molecule has 0 saturated carbocycles. The van der Waals surface area contributed by atoms with Crippen molar-refractivity contribution in [3.8, 4) is 78.6 Å². The Morgan fingerprint density at radius 2 is 1.32 bits per heavy atom. The normalized spacial score (nSPS) is 15.4. The number of pyridine rings is 1. The van der Waals surface area contributed by atoms with Crippen molar-refractivity contribution in [2.75, 3.05) is 9.62 Å². The predicted octanol–water partition coefficient (Wildman–Crippen LogP) is 15.8. The first-order chi connectivity index (χ1) is 40.6. The van der Waals surface area contributed by atoms with Crippen LogP contribution in [-0.2, 0) is 24.8 Å². The van der Waals surface area contributed by atoms with Crippen molar-refractivity contribution < 1.29 is 39.2 Å². The predicted molar refractivity (Wildman–Crippen MR) is 299 cm³/mol. The number of benzene rings is 9. The van der Waals surface area contributed by atoms with Crippen LogP contribution in [0.5, 0.6) is 11.6 Å². The third-order valence-electron chi connectivity index (χ3n) is 14.4. The number of nitrogens with zero attached hydrogens (tertiary/aromatic N) is 5. The molecule has 0 fully saturated rings. The molecule has 2 aromatic heterocycles. The van der Waals surface area contributed by atoms with E-state index in [0.717, 1.165) is 50.3 Å². The summed E-state index contributed by atoms with van der Waals surface area (Å²) >= 11 is 2.21. The van der Waals surface area contributed by atoms with Gasteiger partial charge in [-0.05, 0) is 11.6 Å². The Hall–Kier alpha value is -8.25. The number of para-hydroxylation sites is 4. The molecule has 6 nitrogen and oxygen atoms in total. The number of hydrogen-bond donors (Lipinski definition) is 0. The van der Waals surface area contributed by atoms with Crippen molar-refractivity contribution >= 4 is 46.4 Å². The van der Waals surface area contributed by atoms with Gasteiger partial charge in [0.15, 0.2) is 0 Å². The molecule has 0 amide bonds. The van der Waals surface area contributed by atoms with Gasteiger partial charge < -0.3 is 0 Å². The summed E-state index contributed by atoms with van der Waals surface area (Å²) < 4.78 is 110. The van der Waals surface area contributed by atoms with E-state index in [4.69, 9.17) is 17.9 Å². The van der Waals surface area contributed by atoms with E-state index in [2.05, 4.69) is 92.2 Å². The minimum atomic E-state index is -2.67. The summed E-state index contributed by atoms with van der Waals surface area (Å²) in [5.74, 6) is 0.662. The van der Waals surface area contributed by atoms with Gasteiger partial charge >= 0.3 is 389 Å². The van der Waals surface area contributed by atoms with Gasteiger partial charge in [-0.15, -0.1) is 6.07 Å². The number of aromatic nitrogens is 3. The second-order valence-electron chi connectivity index (χ2n) is 19.7. The van der Waals surface area contributed by atoms with Gasteiger partial charge in [0.25, 0.3) is 0 Å². The van der Waals surface area contributed by atoms with E-state index >= 15 is 0 Å². The number of ether oxygens (including phenoxy) is 1. The topological polar surface area (TPSA) is 38.5 Å². The van der Waals surface area contributed by atoms with Crippen molar-refractivity contribution in [1.82, 2.24) is 14.1 Å². The molecule has 0 aliphatic carbocycles. The van der Waals surface area contributed by atoms with E-state index in [0.29, 0.717) is 54.3 Å². The number of hydrogen-bond acceptors (Lipinski definition) is 4. The zero-order valence-electron chi connectivity index (χ0n) is 51.2. The first-order valence-electron chi connectivity index (χ1n) is 29.8. The van der Waals surface area contributed by atoms with Crippen molar-refractivity contribution in [2.45, 2.75) is 39.9 Å². The molecule has 5 heterocycles. The molecular weight excluding hydrogens is 1080 g/mol. The second-order valence-corrected chi connectivity index (χ2v) is 20.7. The molecule has 3 aliphatic rings. The third kappa shape index (κ3) is 6.76. The fraction of sp³-hybridized carbons (Fsp3) is 0.0909. The summed E-state index contributed by atoms with van der Waals surface area (Å²) in [6.07, 6.45) is 0. The summed E-state index contributed by atoms with van der Waals surface area (Å²) in [5, 5.41) is 0. The van der Waals surface area contributed by atoms with E-state index in [1.165, 1.54) is 12.1 Å². The Bertz CT molecular complexity index is 4700. The summed E-state index contributed by atoms with van der Waals surface area (Å²) in [6.45, 7) is 0.672. The molecule has 14 rings (SSSR count). The molecule has 0 radical (unpaired) electrons. The van der Waals surface area contributed by atoms with Gasteiger partial charge in [-0.2, -0.15) is 12.1 Å². The second kappa shape index (κ2) is 16.9. The van der Waals surface area contributed by atoms with Crippen LogP contribution in [0.4, 0.5) is 22.9 Å². The van der Waals surface area contributed by atoms with E-state index in [1.807, 2.05) is 130 Å². The molecular formula is C66H48BN5OPt-2. The third-order valence-corrected chi connectivity index (χ3v) is 15.4. The molecule has 74 heavy (non-hydrogen) atoms. The number of anilines is 4. The maximum absolute atomic E-state index is 9.30. The van der Waals surface area contributed by atoms with E-state index in [9.17, 15) is 6.85 Å². The summed E-state index contributed by atoms with van der Waals surface area (Å²) in [6, 6.07) is 58.0. The minimum absolute atomic E-state index is 0.0203. The van der Waals surface area contributed by atoms with Gasteiger partial charge in [0.05, 0.1) is 0 Å².